The molecule has 0 aliphatic heterocycles. The molecule has 0 amide bonds. The van der Waals surface area contributed by atoms with E-state index in [1.165, 1.54) is 5.56 Å². The average molecular weight is 372 g/mol. The van der Waals surface area contributed by atoms with Crippen LogP contribution in [0.15, 0.2) is 40.9 Å². The summed E-state index contributed by atoms with van der Waals surface area (Å²) in [5, 5.41) is 2.80. The van der Waals surface area contributed by atoms with Gasteiger partial charge in [-0.1, -0.05) is 29.8 Å². The van der Waals surface area contributed by atoms with Gasteiger partial charge in [-0.25, -0.2) is 0 Å². The number of hydrogen-bond acceptors (Lipinski definition) is 2. The molecule has 21 heavy (non-hydrogen) atoms. The van der Waals surface area contributed by atoms with Crippen molar-refractivity contribution in [2.75, 3.05) is 14.2 Å². The van der Waals surface area contributed by atoms with E-state index < -0.39 is 0 Å². The summed E-state index contributed by atoms with van der Waals surface area (Å²) in [7, 11) is 3.67. The lowest BCUT2D eigenvalue weighted by molar-refractivity contribution is -0.643. The maximum atomic E-state index is 6.14. The van der Waals surface area contributed by atoms with Gasteiger partial charge in [-0.2, -0.15) is 0 Å². The predicted molar refractivity (Wildman–Crippen MR) is 88.0 cm³/mol. The number of hydrogen-bond donors (Lipinski definition) is 1. The van der Waals surface area contributed by atoms with Gasteiger partial charge in [-0.15, -0.1) is 0 Å². The second-order valence-electron chi connectivity index (χ2n) is 4.60. The maximum Gasteiger partial charge on any atom is 0.175 e. The number of rotatable bonds is 6. The molecule has 2 rings (SSSR count). The summed E-state index contributed by atoms with van der Waals surface area (Å²) >= 11 is 9.69. The van der Waals surface area contributed by atoms with E-state index in [4.69, 9.17) is 21.1 Å². The second-order valence-corrected chi connectivity index (χ2v) is 5.86. The first kappa shape index (κ1) is 16.1. The van der Waals surface area contributed by atoms with E-state index >= 15 is 0 Å². The maximum absolute atomic E-state index is 6.14. The van der Waals surface area contributed by atoms with Crippen molar-refractivity contribution in [1.29, 1.82) is 0 Å². The van der Waals surface area contributed by atoms with Crippen LogP contribution in [0.2, 0.25) is 5.02 Å². The molecular weight excluding hydrogens is 354 g/mol. The molecule has 0 atom stereocenters. The lowest BCUT2D eigenvalue weighted by atomic mass is 10.2. The van der Waals surface area contributed by atoms with Crippen molar-refractivity contribution >= 4 is 27.5 Å². The molecule has 2 aromatic rings. The highest BCUT2D eigenvalue weighted by Gasteiger charge is 2.13. The second kappa shape index (κ2) is 7.69. The molecule has 2 N–H and O–H groups in total. The van der Waals surface area contributed by atoms with Crippen LogP contribution in [-0.4, -0.2) is 14.2 Å². The summed E-state index contributed by atoms with van der Waals surface area (Å²) in [5.41, 5.74) is 2.12. The molecular formula is C16H18BrClNO2+. The largest absolute Gasteiger partial charge is 0.493 e. The van der Waals surface area contributed by atoms with Gasteiger partial charge in [0.25, 0.3) is 0 Å². The molecule has 2 aromatic carbocycles. The van der Waals surface area contributed by atoms with Crippen LogP contribution in [0.3, 0.4) is 0 Å². The van der Waals surface area contributed by atoms with E-state index in [-0.39, 0.29) is 0 Å². The number of ether oxygens (including phenoxy) is 2. The van der Waals surface area contributed by atoms with E-state index in [1.807, 2.05) is 43.4 Å². The number of methoxy groups -OCH3 is 1. The third-order valence-electron chi connectivity index (χ3n) is 3.06. The van der Waals surface area contributed by atoms with Gasteiger partial charge in [0.1, 0.15) is 13.2 Å². The fourth-order valence-corrected chi connectivity index (χ4v) is 2.83. The van der Waals surface area contributed by atoms with Crippen molar-refractivity contribution in [3.05, 3.63) is 57.0 Å². The van der Waals surface area contributed by atoms with Gasteiger partial charge < -0.3 is 14.8 Å². The van der Waals surface area contributed by atoms with Gasteiger partial charge in [0, 0.05) is 16.1 Å². The lowest BCUT2D eigenvalue weighted by Crippen LogP contribution is -2.77. The van der Waals surface area contributed by atoms with Gasteiger partial charge >= 0.3 is 0 Å². The molecule has 112 valence electrons. The van der Waals surface area contributed by atoms with Crippen molar-refractivity contribution in [2.45, 2.75) is 13.2 Å². The van der Waals surface area contributed by atoms with Crippen molar-refractivity contribution in [2.24, 2.45) is 0 Å². The first-order valence-corrected chi connectivity index (χ1v) is 7.83. The van der Waals surface area contributed by atoms with Gasteiger partial charge in [-0.05, 0) is 34.1 Å². The monoisotopic (exact) mass is 370 g/mol. The Kier molecular flexibility index (Phi) is 5.91. The van der Waals surface area contributed by atoms with Gasteiger partial charge in [0.2, 0.25) is 0 Å². The van der Waals surface area contributed by atoms with Crippen LogP contribution in [0.1, 0.15) is 11.1 Å². The van der Waals surface area contributed by atoms with Crippen molar-refractivity contribution in [3.63, 3.8) is 0 Å². The molecule has 0 aliphatic rings. The Balaban J connectivity index is 2.21. The summed E-state index contributed by atoms with van der Waals surface area (Å²) in [5.74, 6) is 1.41. The molecule has 0 unspecified atom stereocenters. The molecule has 3 nitrogen and oxygen atoms in total. The van der Waals surface area contributed by atoms with Gasteiger partial charge in [-0.3, -0.25) is 0 Å². The summed E-state index contributed by atoms with van der Waals surface area (Å²) in [4.78, 5) is 0. The third-order valence-corrected chi connectivity index (χ3v) is 4.02. The standard InChI is InChI=1S/C16H17BrClNO2/c1-19-9-11-7-13(17)16(15(8-11)20-2)21-10-12-5-3-4-6-14(12)18/h3-8,19H,9-10H2,1-2H3/p+1. The first-order valence-electron chi connectivity index (χ1n) is 6.66. The molecule has 0 aromatic heterocycles. The number of quaternary nitrogens is 1. The molecule has 0 fully saturated rings. The molecule has 0 bridgehead atoms. The Labute approximate surface area is 138 Å². The highest BCUT2D eigenvalue weighted by atomic mass is 79.9. The molecule has 0 aliphatic carbocycles. The Morgan fingerprint density at radius 1 is 1.24 bits per heavy atom. The summed E-state index contributed by atoms with van der Waals surface area (Å²) in [6.45, 7) is 1.29. The topological polar surface area (TPSA) is 35.1 Å². The van der Waals surface area contributed by atoms with Crippen LogP contribution in [0, 0.1) is 0 Å². The van der Waals surface area contributed by atoms with Gasteiger partial charge in [0.15, 0.2) is 11.5 Å². The number of benzene rings is 2. The Morgan fingerprint density at radius 2 is 2.00 bits per heavy atom. The van der Waals surface area contributed by atoms with E-state index in [2.05, 4.69) is 21.2 Å². The van der Waals surface area contributed by atoms with Gasteiger partial charge in [0.05, 0.1) is 18.6 Å². The quantitative estimate of drug-likeness (QED) is 0.845. The Bertz CT molecular complexity index is 619. The van der Waals surface area contributed by atoms with Crippen LogP contribution in [0.4, 0.5) is 0 Å². The lowest BCUT2D eigenvalue weighted by Gasteiger charge is -2.14. The zero-order valence-corrected chi connectivity index (χ0v) is 14.4. The highest BCUT2D eigenvalue weighted by molar-refractivity contribution is 9.10. The van der Waals surface area contributed by atoms with Crippen LogP contribution in [0.25, 0.3) is 0 Å². The molecule has 0 saturated heterocycles. The van der Waals surface area contributed by atoms with Crippen LogP contribution in [-0.2, 0) is 13.2 Å². The minimum atomic E-state index is 0.397. The minimum absolute atomic E-state index is 0.397. The average Bonchev–Trinajstić information content (AvgIpc) is 2.47. The minimum Gasteiger partial charge on any atom is -0.493 e. The third kappa shape index (κ3) is 4.13. The van der Waals surface area contributed by atoms with Crippen molar-refractivity contribution in [1.82, 2.24) is 0 Å². The molecule has 0 radical (unpaired) electrons. The predicted octanol–water partition coefficient (Wildman–Crippen LogP) is 3.38. The van der Waals surface area contributed by atoms with E-state index in [0.717, 1.165) is 16.6 Å². The molecule has 0 spiro atoms. The highest BCUT2D eigenvalue weighted by Crippen LogP contribution is 2.37. The first-order chi connectivity index (χ1) is 10.2. The molecule has 0 saturated carbocycles. The van der Waals surface area contributed by atoms with Crippen molar-refractivity contribution in [3.8, 4) is 11.5 Å². The zero-order chi connectivity index (χ0) is 15.2. The molecule has 5 heteroatoms. The SMILES string of the molecule is C[NH2+]Cc1cc(Br)c(OCc2ccccc2Cl)c(OC)c1. The van der Waals surface area contributed by atoms with E-state index in [1.54, 1.807) is 7.11 Å². The number of halogens is 2. The molecule has 0 heterocycles. The summed E-state index contributed by atoms with van der Waals surface area (Å²) in [6, 6.07) is 11.7. The number of nitrogens with two attached hydrogens (primary N) is 1. The zero-order valence-electron chi connectivity index (χ0n) is 12.0. The van der Waals surface area contributed by atoms with Crippen molar-refractivity contribution < 1.29 is 14.8 Å². The normalized spacial score (nSPS) is 10.5. The Hall–Kier alpha value is -1.23. The van der Waals surface area contributed by atoms with E-state index in [0.29, 0.717) is 23.1 Å². The Morgan fingerprint density at radius 3 is 2.67 bits per heavy atom. The fourth-order valence-electron chi connectivity index (χ4n) is 2.03. The fraction of sp³-hybridized carbons (Fsp3) is 0.250. The van der Waals surface area contributed by atoms with E-state index in [9.17, 15) is 0 Å². The van der Waals surface area contributed by atoms with Crippen LogP contribution in [0.5, 0.6) is 11.5 Å². The summed E-state index contributed by atoms with van der Waals surface area (Å²) < 4.78 is 12.2. The smallest absolute Gasteiger partial charge is 0.175 e. The van der Waals surface area contributed by atoms with Crippen LogP contribution >= 0.6 is 27.5 Å². The van der Waals surface area contributed by atoms with Crippen LogP contribution < -0.4 is 14.8 Å². The summed E-state index contributed by atoms with van der Waals surface area (Å²) in [6.07, 6.45) is 0.